The molecule has 1 saturated carbocycles. The molecule has 1 fully saturated rings. The number of halogens is 1. The van der Waals surface area contributed by atoms with E-state index in [9.17, 15) is 5.11 Å². The minimum Gasteiger partial charge on any atom is -0.407 e. The Hall–Kier alpha value is -2.18. The van der Waals surface area contributed by atoms with Gasteiger partial charge in [0, 0.05) is 39.2 Å². The van der Waals surface area contributed by atoms with Gasteiger partial charge in [-0.2, -0.15) is 0 Å². The van der Waals surface area contributed by atoms with Gasteiger partial charge in [0.15, 0.2) is 0 Å². The predicted molar refractivity (Wildman–Crippen MR) is 151 cm³/mol. The third-order valence-corrected chi connectivity index (χ3v) is 13.4. The second kappa shape index (κ2) is 9.36. The van der Waals surface area contributed by atoms with E-state index in [0.717, 1.165) is 40.2 Å². The number of aromatic amines is 1. The van der Waals surface area contributed by atoms with Gasteiger partial charge in [-0.1, -0.05) is 104 Å². The number of hydrogen-bond donors (Lipinski definition) is 2. The maximum Gasteiger partial charge on any atom is 0.261 e. The summed E-state index contributed by atoms with van der Waals surface area (Å²) in [6.45, 7) is 7.46. The zero-order valence-corrected chi connectivity index (χ0v) is 23.3. The van der Waals surface area contributed by atoms with E-state index >= 15 is 0 Å². The zero-order chi connectivity index (χ0) is 24.7. The number of H-pyrrole nitrogens is 1. The van der Waals surface area contributed by atoms with Gasteiger partial charge in [0.2, 0.25) is 0 Å². The van der Waals surface area contributed by atoms with Crippen LogP contribution in [0.1, 0.15) is 51.7 Å². The Morgan fingerprint density at radius 2 is 1.57 bits per heavy atom. The summed E-state index contributed by atoms with van der Waals surface area (Å²) in [5.74, 6) is 0. The Labute approximate surface area is 217 Å². The lowest BCUT2D eigenvalue weighted by molar-refractivity contribution is -0.0683. The fraction of sp³-hybridized carbons (Fsp3) is 0.333. The maximum atomic E-state index is 11.8. The highest BCUT2D eigenvalue weighted by atomic mass is 79.9. The Bertz CT molecular complexity index is 1250. The van der Waals surface area contributed by atoms with Gasteiger partial charge in [-0.15, -0.1) is 0 Å². The van der Waals surface area contributed by atoms with E-state index in [-0.39, 0.29) is 10.5 Å². The van der Waals surface area contributed by atoms with Gasteiger partial charge >= 0.3 is 0 Å². The number of aliphatic hydroxyl groups excluding tert-OH is 1. The van der Waals surface area contributed by atoms with Crippen molar-refractivity contribution in [1.82, 2.24) is 4.98 Å². The average Bonchev–Trinajstić information content (AvgIpc) is 3.24. The average molecular weight is 549 g/mol. The minimum absolute atomic E-state index is 0.0861. The summed E-state index contributed by atoms with van der Waals surface area (Å²) in [7, 11) is -2.66. The monoisotopic (exact) mass is 547 g/mol. The molecule has 1 aliphatic carbocycles. The van der Waals surface area contributed by atoms with Crippen LogP contribution in [0.3, 0.4) is 0 Å². The topological polar surface area (TPSA) is 45.2 Å². The van der Waals surface area contributed by atoms with Crippen molar-refractivity contribution in [3.63, 3.8) is 0 Å². The van der Waals surface area contributed by atoms with Crippen LogP contribution in [0.4, 0.5) is 0 Å². The fourth-order valence-corrected chi connectivity index (χ4v) is 10.8. The normalized spacial score (nSPS) is 16.7. The Morgan fingerprint density at radius 3 is 2.09 bits per heavy atom. The van der Waals surface area contributed by atoms with Gasteiger partial charge in [0.25, 0.3) is 8.32 Å². The van der Waals surface area contributed by atoms with Crippen molar-refractivity contribution in [2.45, 2.75) is 51.2 Å². The molecule has 35 heavy (non-hydrogen) atoms. The smallest absolute Gasteiger partial charge is 0.261 e. The van der Waals surface area contributed by atoms with E-state index in [1.807, 2.05) is 12.3 Å². The highest BCUT2D eigenvalue weighted by Gasteiger charge is 2.53. The van der Waals surface area contributed by atoms with Crippen LogP contribution >= 0.6 is 15.9 Å². The molecular formula is C30H34BrNO2Si. The number of aliphatic hydroxyl groups is 1. The van der Waals surface area contributed by atoms with Crippen LogP contribution in [0.15, 0.2) is 89.5 Å². The third-order valence-electron chi connectivity index (χ3n) is 7.89. The molecule has 5 rings (SSSR count). The van der Waals surface area contributed by atoms with Crippen LogP contribution in [-0.2, 0) is 4.43 Å². The summed E-state index contributed by atoms with van der Waals surface area (Å²) in [5, 5.41) is 15.3. The first-order chi connectivity index (χ1) is 16.8. The van der Waals surface area contributed by atoms with Crippen molar-refractivity contribution < 1.29 is 9.53 Å². The minimum atomic E-state index is -2.66. The highest BCUT2D eigenvalue weighted by molar-refractivity contribution is 9.10. The van der Waals surface area contributed by atoms with Crippen LogP contribution in [0, 0.1) is 5.41 Å². The van der Waals surface area contributed by atoms with Gasteiger partial charge in [-0.3, -0.25) is 0 Å². The first-order valence-corrected chi connectivity index (χ1v) is 15.2. The maximum absolute atomic E-state index is 11.8. The zero-order valence-electron chi connectivity index (χ0n) is 20.7. The molecule has 1 heterocycles. The van der Waals surface area contributed by atoms with Gasteiger partial charge in [0.1, 0.15) is 0 Å². The molecule has 1 atom stereocenters. The molecule has 0 spiro atoms. The van der Waals surface area contributed by atoms with Crippen molar-refractivity contribution in [2.24, 2.45) is 5.41 Å². The van der Waals surface area contributed by atoms with Crippen molar-refractivity contribution in [3.05, 3.63) is 95.1 Å². The standard InChI is InChI=1S/C30H34BrNO2Si/c1-29(2,3)35(23-11-6-4-7-12-23,24-13-8-5-9-14-24)34-21-30(17-10-18-30)28(33)26-20-32-27-16-15-22(31)19-25(26)27/h4-9,11-16,19-20,28,32-33H,10,17-18,21H2,1-3H3. The molecule has 3 nitrogen and oxygen atoms in total. The molecule has 1 aromatic heterocycles. The summed E-state index contributed by atoms with van der Waals surface area (Å²) >= 11 is 3.60. The molecule has 0 aliphatic heterocycles. The molecule has 0 bridgehead atoms. The van der Waals surface area contributed by atoms with E-state index in [4.69, 9.17) is 4.43 Å². The molecule has 1 unspecified atom stereocenters. The molecular weight excluding hydrogens is 514 g/mol. The van der Waals surface area contributed by atoms with E-state index in [0.29, 0.717) is 6.61 Å². The highest BCUT2D eigenvalue weighted by Crippen LogP contribution is 2.52. The molecule has 1 aliphatic rings. The number of benzene rings is 3. The SMILES string of the molecule is CC(C)(C)[Si](OCC1(C(O)c2c[nH]c3ccc(Br)cc23)CCC1)(c1ccccc1)c1ccccc1. The van der Waals surface area contributed by atoms with E-state index < -0.39 is 14.4 Å². The molecule has 0 saturated heterocycles. The molecule has 182 valence electrons. The Morgan fingerprint density at radius 1 is 0.971 bits per heavy atom. The second-order valence-corrected chi connectivity index (χ2v) is 16.2. The van der Waals surface area contributed by atoms with Crippen LogP contribution in [-0.4, -0.2) is 25.0 Å². The number of hydrogen-bond acceptors (Lipinski definition) is 2. The molecule has 0 radical (unpaired) electrons. The van der Waals surface area contributed by atoms with Crippen LogP contribution in [0.5, 0.6) is 0 Å². The molecule has 4 aromatic rings. The summed E-state index contributed by atoms with van der Waals surface area (Å²) < 4.78 is 8.31. The van der Waals surface area contributed by atoms with Gasteiger partial charge in [0.05, 0.1) is 6.10 Å². The molecule has 5 heteroatoms. The lowest BCUT2D eigenvalue weighted by Gasteiger charge is -2.50. The first-order valence-electron chi connectivity index (χ1n) is 12.5. The Kier molecular flexibility index (Phi) is 6.55. The van der Waals surface area contributed by atoms with Crippen molar-refractivity contribution in [3.8, 4) is 0 Å². The summed E-state index contributed by atoms with van der Waals surface area (Å²) in [5.41, 5.74) is 1.72. The summed E-state index contributed by atoms with van der Waals surface area (Å²) in [4.78, 5) is 3.35. The molecule has 2 N–H and O–H groups in total. The first kappa shape index (κ1) is 24.5. The second-order valence-electron chi connectivity index (χ2n) is 11.0. The predicted octanol–water partition coefficient (Wildman–Crippen LogP) is 6.71. The van der Waals surface area contributed by atoms with Crippen LogP contribution < -0.4 is 10.4 Å². The summed E-state index contributed by atoms with van der Waals surface area (Å²) in [6, 6.07) is 27.7. The quantitative estimate of drug-likeness (QED) is 0.252. The Balaban J connectivity index is 1.55. The van der Waals surface area contributed by atoms with Crippen LogP contribution in [0.2, 0.25) is 5.04 Å². The van der Waals surface area contributed by atoms with Gasteiger partial charge in [-0.05, 0) is 46.5 Å². The molecule has 3 aromatic carbocycles. The van der Waals surface area contributed by atoms with E-state index in [1.54, 1.807) is 0 Å². The largest absolute Gasteiger partial charge is 0.407 e. The number of fused-ring (bicyclic) bond motifs is 1. The third kappa shape index (κ3) is 4.23. The number of nitrogens with one attached hydrogen (secondary N) is 1. The van der Waals surface area contributed by atoms with Crippen molar-refractivity contribution >= 4 is 45.5 Å². The number of rotatable bonds is 7. The van der Waals surface area contributed by atoms with Crippen molar-refractivity contribution in [1.29, 1.82) is 0 Å². The lowest BCUT2D eigenvalue weighted by atomic mass is 9.64. The lowest BCUT2D eigenvalue weighted by Crippen LogP contribution is -2.67. The fourth-order valence-electron chi connectivity index (χ4n) is 5.81. The van der Waals surface area contributed by atoms with E-state index in [1.165, 1.54) is 10.4 Å². The van der Waals surface area contributed by atoms with E-state index in [2.05, 4.69) is 114 Å². The van der Waals surface area contributed by atoms with Gasteiger partial charge in [-0.25, -0.2) is 0 Å². The van der Waals surface area contributed by atoms with Gasteiger partial charge < -0.3 is 14.5 Å². The van der Waals surface area contributed by atoms with Crippen LogP contribution in [0.25, 0.3) is 10.9 Å². The van der Waals surface area contributed by atoms with Crippen molar-refractivity contribution in [2.75, 3.05) is 6.61 Å². The summed E-state index contributed by atoms with van der Waals surface area (Å²) in [6.07, 6.45) is 4.44. The molecule has 0 amide bonds. The number of aromatic nitrogens is 1.